The molecular formula is C8H9N2O4P. The fourth-order valence-corrected chi connectivity index (χ4v) is 2.80. The van der Waals surface area contributed by atoms with Crippen LogP contribution in [0.4, 0.5) is 0 Å². The van der Waals surface area contributed by atoms with Gasteiger partial charge in [0.25, 0.3) is 0 Å². The predicted molar refractivity (Wildman–Crippen MR) is 50.2 cm³/mol. The third-order valence-electron chi connectivity index (χ3n) is 2.21. The van der Waals surface area contributed by atoms with E-state index in [1.165, 1.54) is 10.3 Å². The molecule has 2 bridgehead atoms. The van der Waals surface area contributed by atoms with Gasteiger partial charge in [-0.15, -0.1) is 0 Å². The van der Waals surface area contributed by atoms with E-state index in [4.69, 9.17) is 13.8 Å². The third-order valence-corrected chi connectivity index (χ3v) is 3.46. The van der Waals surface area contributed by atoms with Crippen LogP contribution in [0.5, 0.6) is 5.75 Å². The zero-order chi connectivity index (χ0) is 10.5. The minimum absolute atomic E-state index is 0.441. The van der Waals surface area contributed by atoms with E-state index >= 15 is 0 Å². The topological polar surface area (TPSA) is 51.2 Å². The molecule has 1 fully saturated rings. The molecule has 2 atom stereocenters. The number of hydrogen-bond donors (Lipinski definition) is 0. The minimum atomic E-state index is -3.50. The van der Waals surface area contributed by atoms with Gasteiger partial charge in [0.05, 0.1) is 6.54 Å². The SMILES string of the molecule is CN1OP2(=O)Oc3ccccc3CN1O2. The van der Waals surface area contributed by atoms with Crippen LogP contribution >= 0.6 is 7.82 Å². The highest BCUT2D eigenvalue weighted by Gasteiger charge is 2.47. The molecule has 0 spiro atoms. The summed E-state index contributed by atoms with van der Waals surface area (Å²) in [7, 11) is -1.89. The number of nitrogens with zero attached hydrogens (tertiary/aromatic N) is 2. The largest absolute Gasteiger partial charge is 0.566 e. The highest BCUT2D eigenvalue weighted by Crippen LogP contribution is 2.58. The summed E-state index contributed by atoms with van der Waals surface area (Å²) in [5.74, 6) is 0.538. The number of hydroxylamine groups is 2. The Bertz CT molecular complexity index is 452. The number of hydrazine groups is 1. The van der Waals surface area contributed by atoms with Crippen molar-refractivity contribution < 1.29 is 18.3 Å². The van der Waals surface area contributed by atoms with Gasteiger partial charge in [0.15, 0.2) is 0 Å². The van der Waals surface area contributed by atoms with Crippen molar-refractivity contribution in [3.05, 3.63) is 29.8 Å². The van der Waals surface area contributed by atoms with E-state index in [0.29, 0.717) is 12.3 Å². The van der Waals surface area contributed by atoms with E-state index in [9.17, 15) is 4.57 Å². The molecule has 0 saturated carbocycles. The average Bonchev–Trinajstić information content (AvgIpc) is 2.39. The Morgan fingerprint density at radius 1 is 1.33 bits per heavy atom. The quantitative estimate of drug-likeness (QED) is 0.630. The molecule has 0 N–H and O–H groups in total. The molecule has 1 aromatic carbocycles. The molecular weight excluding hydrogens is 219 g/mol. The van der Waals surface area contributed by atoms with Gasteiger partial charge in [0.1, 0.15) is 5.75 Å². The van der Waals surface area contributed by atoms with Crippen LogP contribution in [0, 0.1) is 0 Å². The van der Waals surface area contributed by atoms with Gasteiger partial charge in [-0.2, -0.15) is 9.25 Å². The summed E-state index contributed by atoms with van der Waals surface area (Å²) < 4.78 is 27.2. The van der Waals surface area contributed by atoms with Crippen LogP contribution in [0.3, 0.4) is 0 Å². The molecule has 0 amide bonds. The Kier molecular flexibility index (Phi) is 1.89. The van der Waals surface area contributed by atoms with Crippen molar-refractivity contribution in [1.29, 1.82) is 0 Å². The van der Waals surface area contributed by atoms with Crippen molar-refractivity contribution >= 4 is 7.82 Å². The van der Waals surface area contributed by atoms with E-state index in [-0.39, 0.29) is 0 Å². The average molecular weight is 228 g/mol. The van der Waals surface area contributed by atoms with Gasteiger partial charge in [-0.1, -0.05) is 28.5 Å². The van der Waals surface area contributed by atoms with E-state index in [1.54, 1.807) is 13.1 Å². The molecule has 15 heavy (non-hydrogen) atoms. The van der Waals surface area contributed by atoms with Crippen LogP contribution in [-0.4, -0.2) is 17.4 Å². The van der Waals surface area contributed by atoms with Crippen LogP contribution in [0.1, 0.15) is 5.56 Å². The Balaban J connectivity index is 2.08. The van der Waals surface area contributed by atoms with E-state index in [1.807, 2.05) is 18.2 Å². The summed E-state index contributed by atoms with van der Waals surface area (Å²) in [6, 6.07) is 7.33. The minimum Gasteiger partial charge on any atom is -0.402 e. The normalized spacial score (nSPS) is 34.3. The molecule has 2 aliphatic heterocycles. The molecule has 3 rings (SSSR count). The maximum Gasteiger partial charge on any atom is 0.566 e. The van der Waals surface area contributed by atoms with Crippen molar-refractivity contribution in [2.75, 3.05) is 7.05 Å². The molecule has 80 valence electrons. The van der Waals surface area contributed by atoms with Crippen LogP contribution in [-0.2, 0) is 20.4 Å². The molecule has 0 aliphatic carbocycles. The summed E-state index contributed by atoms with van der Waals surface area (Å²) >= 11 is 0. The van der Waals surface area contributed by atoms with Gasteiger partial charge in [-0.05, 0) is 6.07 Å². The fraction of sp³-hybridized carbons (Fsp3) is 0.250. The number of para-hydroxylation sites is 1. The summed E-state index contributed by atoms with van der Waals surface area (Å²) in [4.78, 5) is 0. The van der Waals surface area contributed by atoms with Crippen LogP contribution in [0.2, 0.25) is 0 Å². The first kappa shape index (κ1) is 9.33. The lowest BCUT2D eigenvalue weighted by Gasteiger charge is -2.18. The first-order valence-electron chi connectivity index (χ1n) is 4.44. The Labute approximate surface area is 86.4 Å². The predicted octanol–water partition coefficient (Wildman–Crippen LogP) is 1.71. The maximum atomic E-state index is 11.9. The summed E-state index contributed by atoms with van der Waals surface area (Å²) in [5.41, 5.74) is 0.908. The number of benzene rings is 1. The third kappa shape index (κ3) is 1.47. The zero-order valence-corrected chi connectivity index (χ0v) is 8.89. The van der Waals surface area contributed by atoms with E-state index in [0.717, 1.165) is 5.56 Å². The first-order chi connectivity index (χ1) is 7.16. The van der Waals surface area contributed by atoms with Gasteiger partial charge < -0.3 is 4.52 Å². The molecule has 2 aliphatic rings. The highest BCUT2D eigenvalue weighted by molar-refractivity contribution is 7.49. The molecule has 0 radical (unpaired) electrons. The number of rotatable bonds is 0. The number of fused-ring (bicyclic) bond motifs is 3. The first-order valence-corrected chi connectivity index (χ1v) is 5.90. The summed E-state index contributed by atoms with van der Waals surface area (Å²) in [5, 5.41) is 2.64. The van der Waals surface area contributed by atoms with Crippen molar-refractivity contribution in [1.82, 2.24) is 10.3 Å². The second-order valence-electron chi connectivity index (χ2n) is 3.28. The molecule has 6 nitrogen and oxygen atoms in total. The standard InChI is InChI=1S/C8H9N2O4P/c1-9-10-6-7-4-2-3-5-8(7)12-15(11,13-9)14-10/h2-5H,6H2,1H3. The molecule has 1 aromatic rings. The lowest BCUT2D eigenvalue weighted by molar-refractivity contribution is -0.268. The molecule has 0 aromatic heterocycles. The fourth-order valence-electron chi connectivity index (χ4n) is 1.52. The zero-order valence-electron chi connectivity index (χ0n) is 7.99. The molecule has 1 saturated heterocycles. The monoisotopic (exact) mass is 228 g/mol. The van der Waals surface area contributed by atoms with Gasteiger partial charge in [-0.25, -0.2) is 4.57 Å². The van der Waals surface area contributed by atoms with Gasteiger partial charge in [0, 0.05) is 12.6 Å². The van der Waals surface area contributed by atoms with Crippen LogP contribution in [0.15, 0.2) is 24.3 Å². The smallest absolute Gasteiger partial charge is 0.402 e. The Hall–Kier alpha value is -0.910. The molecule has 2 heterocycles. The highest BCUT2D eigenvalue weighted by atomic mass is 31.2. The lowest BCUT2D eigenvalue weighted by Crippen LogP contribution is -2.30. The number of phosphoric acid groups is 1. The number of hydrogen-bond acceptors (Lipinski definition) is 6. The van der Waals surface area contributed by atoms with E-state index in [2.05, 4.69) is 0 Å². The molecule has 7 heteroatoms. The van der Waals surface area contributed by atoms with Crippen molar-refractivity contribution in [3.8, 4) is 5.75 Å². The van der Waals surface area contributed by atoms with Crippen LogP contribution in [0.25, 0.3) is 0 Å². The van der Waals surface area contributed by atoms with Gasteiger partial charge >= 0.3 is 7.82 Å². The summed E-state index contributed by atoms with van der Waals surface area (Å²) in [6.07, 6.45) is 0. The van der Waals surface area contributed by atoms with E-state index < -0.39 is 7.82 Å². The Morgan fingerprint density at radius 3 is 3.00 bits per heavy atom. The van der Waals surface area contributed by atoms with Crippen molar-refractivity contribution in [2.45, 2.75) is 6.54 Å². The maximum absolute atomic E-state index is 11.9. The van der Waals surface area contributed by atoms with Crippen LogP contribution < -0.4 is 4.52 Å². The lowest BCUT2D eigenvalue weighted by atomic mass is 10.2. The molecule has 2 unspecified atom stereocenters. The Morgan fingerprint density at radius 2 is 2.13 bits per heavy atom. The van der Waals surface area contributed by atoms with Crippen molar-refractivity contribution in [3.63, 3.8) is 0 Å². The van der Waals surface area contributed by atoms with Gasteiger partial charge in [0.2, 0.25) is 0 Å². The summed E-state index contributed by atoms with van der Waals surface area (Å²) in [6.45, 7) is 0.441. The van der Waals surface area contributed by atoms with Crippen molar-refractivity contribution in [2.24, 2.45) is 0 Å². The second kappa shape index (κ2) is 3.04. The van der Waals surface area contributed by atoms with Gasteiger partial charge in [-0.3, -0.25) is 0 Å². The second-order valence-corrected chi connectivity index (χ2v) is 4.69.